The molecule has 18 heavy (non-hydrogen) atoms. The summed E-state index contributed by atoms with van der Waals surface area (Å²) < 4.78 is 6.12. The van der Waals surface area contributed by atoms with Crippen LogP contribution in [0.2, 0.25) is 0 Å². The number of ether oxygens (including phenoxy) is 1. The highest BCUT2D eigenvalue weighted by atomic mass is 79.9. The highest BCUT2D eigenvalue weighted by molar-refractivity contribution is 9.10. The molecule has 0 aromatic heterocycles. The standard InChI is InChI=1S/C14H23BrN2O/c1-17(11-8-16-9-12-18-2)10-7-13-3-5-14(15)6-4-13/h3-6,16H,7-12H2,1-2H3. The molecule has 1 N–H and O–H groups in total. The van der Waals surface area contributed by atoms with Gasteiger partial charge in [0, 0.05) is 37.8 Å². The predicted molar refractivity (Wildman–Crippen MR) is 80.1 cm³/mol. The van der Waals surface area contributed by atoms with Crippen molar-refractivity contribution in [2.75, 3.05) is 46.9 Å². The second-order valence-corrected chi connectivity index (χ2v) is 5.34. The van der Waals surface area contributed by atoms with E-state index in [9.17, 15) is 0 Å². The second kappa shape index (κ2) is 9.50. The van der Waals surface area contributed by atoms with Crippen LogP contribution in [-0.2, 0) is 11.2 Å². The third kappa shape index (κ3) is 7.11. The van der Waals surface area contributed by atoms with Crippen LogP contribution in [0.1, 0.15) is 5.56 Å². The van der Waals surface area contributed by atoms with Crippen LogP contribution in [0.15, 0.2) is 28.7 Å². The molecule has 3 nitrogen and oxygen atoms in total. The maximum Gasteiger partial charge on any atom is 0.0587 e. The number of methoxy groups -OCH3 is 1. The first-order valence-electron chi connectivity index (χ1n) is 6.35. The fraction of sp³-hybridized carbons (Fsp3) is 0.571. The largest absolute Gasteiger partial charge is 0.383 e. The lowest BCUT2D eigenvalue weighted by molar-refractivity contribution is 0.198. The SMILES string of the molecule is COCCNCCN(C)CCc1ccc(Br)cc1. The fourth-order valence-electron chi connectivity index (χ4n) is 1.65. The summed E-state index contributed by atoms with van der Waals surface area (Å²) in [6, 6.07) is 8.55. The van der Waals surface area contributed by atoms with E-state index < -0.39 is 0 Å². The molecule has 102 valence electrons. The second-order valence-electron chi connectivity index (χ2n) is 4.42. The lowest BCUT2D eigenvalue weighted by atomic mass is 10.1. The van der Waals surface area contributed by atoms with Crippen LogP contribution < -0.4 is 5.32 Å². The molecule has 0 amide bonds. The van der Waals surface area contributed by atoms with Crippen molar-refractivity contribution in [2.45, 2.75) is 6.42 Å². The number of hydrogen-bond acceptors (Lipinski definition) is 3. The quantitative estimate of drug-likeness (QED) is 0.707. The minimum absolute atomic E-state index is 0.780. The smallest absolute Gasteiger partial charge is 0.0587 e. The molecule has 0 unspecified atom stereocenters. The molecule has 0 heterocycles. The van der Waals surface area contributed by atoms with Crippen LogP contribution in [0.3, 0.4) is 0 Å². The van der Waals surface area contributed by atoms with E-state index in [1.165, 1.54) is 5.56 Å². The molecule has 1 aromatic carbocycles. The van der Waals surface area contributed by atoms with Crippen molar-refractivity contribution < 1.29 is 4.74 Å². The van der Waals surface area contributed by atoms with Crippen molar-refractivity contribution in [1.82, 2.24) is 10.2 Å². The Hall–Kier alpha value is -0.420. The van der Waals surface area contributed by atoms with E-state index >= 15 is 0 Å². The molecular formula is C14H23BrN2O. The summed E-state index contributed by atoms with van der Waals surface area (Å²) >= 11 is 3.45. The van der Waals surface area contributed by atoms with Crippen molar-refractivity contribution in [2.24, 2.45) is 0 Å². The molecule has 0 aliphatic rings. The number of nitrogens with one attached hydrogen (secondary N) is 1. The van der Waals surface area contributed by atoms with Gasteiger partial charge in [-0.05, 0) is 31.2 Å². The molecule has 0 radical (unpaired) electrons. The lowest BCUT2D eigenvalue weighted by Gasteiger charge is -2.16. The topological polar surface area (TPSA) is 24.5 Å². The van der Waals surface area contributed by atoms with E-state index in [2.05, 4.69) is 57.5 Å². The van der Waals surface area contributed by atoms with Gasteiger partial charge < -0.3 is 15.0 Å². The molecule has 0 atom stereocenters. The van der Waals surface area contributed by atoms with Crippen LogP contribution in [0.25, 0.3) is 0 Å². The van der Waals surface area contributed by atoms with Crippen LogP contribution in [0.5, 0.6) is 0 Å². The lowest BCUT2D eigenvalue weighted by Crippen LogP contribution is -2.32. The minimum atomic E-state index is 0.780. The monoisotopic (exact) mass is 314 g/mol. The van der Waals surface area contributed by atoms with Crippen molar-refractivity contribution in [3.63, 3.8) is 0 Å². The molecule has 4 heteroatoms. The highest BCUT2D eigenvalue weighted by Crippen LogP contribution is 2.10. The number of rotatable bonds is 9. The molecule has 0 aliphatic heterocycles. The van der Waals surface area contributed by atoms with E-state index in [1.807, 2.05) is 0 Å². The molecule has 0 spiro atoms. The Bertz CT molecular complexity index is 316. The number of halogens is 1. The molecule has 1 rings (SSSR count). The van der Waals surface area contributed by atoms with E-state index in [-0.39, 0.29) is 0 Å². The van der Waals surface area contributed by atoms with Gasteiger partial charge in [-0.2, -0.15) is 0 Å². The summed E-state index contributed by atoms with van der Waals surface area (Å²) in [5.41, 5.74) is 1.39. The molecule has 0 saturated carbocycles. The summed E-state index contributed by atoms with van der Waals surface area (Å²) in [7, 11) is 3.89. The van der Waals surface area contributed by atoms with Crippen LogP contribution >= 0.6 is 15.9 Å². The maximum atomic E-state index is 4.98. The van der Waals surface area contributed by atoms with Gasteiger partial charge in [-0.15, -0.1) is 0 Å². The first-order chi connectivity index (χ1) is 8.72. The molecule has 1 aromatic rings. The molecular weight excluding hydrogens is 292 g/mol. The van der Waals surface area contributed by atoms with Gasteiger partial charge in [0.25, 0.3) is 0 Å². The Morgan fingerprint density at radius 1 is 1.17 bits per heavy atom. The summed E-state index contributed by atoms with van der Waals surface area (Å²) in [4.78, 5) is 2.35. The van der Waals surface area contributed by atoms with E-state index in [1.54, 1.807) is 7.11 Å². The normalized spacial score (nSPS) is 11.1. The van der Waals surface area contributed by atoms with Crippen LogP contribution in [0, 0.1) is 0 Å². The summed E-state index contributed by atoms with van der Waals surface area (Å²) in [5.74, 6) is 0. The van der Waals surface area contributed by atoms with Gasteiger partial charge in [-0.25, -0.2) is 0 Å². The average molecular weight is 315 g/mol. The highest BCUT2D eigenvalue weighted by Gasteiger charge is 1.99. The van der Waals surface area contributed by atoms with Gasteiger partial charge in [0.2, 0.25) is 0 Å². The van der Waals surface area contributed by atoms with E-state index in [0.717, 1.165) is 43.7 Å². The first kappa shape index (κ1) is 15.6. The summed E-state index contributed by atoms with van der Waals surface area (Å²) in [6.07, 6.45) is 1.10. The van der Waals surface area contributed by atoms with Gasteiger partial charge >= 0.3 is 0 Å². The van der Waals surface area contributed by atoms with E-state index in [4.69, 9.17) is 4.74 Å². The van der Waals surface area contributed by atoms with Crippen LogP contribution in [-0.4, -0.2) is 51.8 Å². The number of benzene rings is 1. The van der Waals surface area contributed by atoms with Gasteiger partial charge in [-0.1, -0.05) is 28.1 Å². The number of likely N-dealkylation sites (N-methyl/N-ethyl adjacent to an activating group) is 1. The third-order valence-corrected chi connectivity index (χ3v) is 3.38. The average Bonchev–Trinajstić information content (AvgIpc) is 2.38. The van der Waals surface area contributed by atoms with Crippen molar-refractivity contribution in [1.29, 1.82) is 0 Å². The molecule has 0 bridgehead atoms. The zero-order chi connectivity index (χ0) is 13.2. The number of nitrogens with zero attached hydrogens (tertiary/aromatic N) is 1. The van der Waals surface area contributed by atoms with Gasteiger partial charge in [0.15, 0.2) is 0 Å². The molecule has 0 saturated heterocycles. The Labute approximate surface area is 119 Å². The Balaban J connectivity index is 2.09. The number of hydrogen-bond donors (Lipinski definition) is 1. The Morgan fingerprint density at radius 3 is 2.56 bits per heavy atom. The summed E-state index contributed by atoms with van der Waals surface area (Å²) in [6.45, 7) is 4.88. The van der Waals surface area contributed by atoms with Crippen molar-refractivity contribution >= 4 is 15.9 Å². The van der Waals surface area contributed by atoms with E-state index in [0.29, 0.717) is 0 Å². The zero-order valence-electron chi connectivity index (χ0n) is 11.3. The maximum absolute atomic E-state index is 4.98. The third-order valence-electron chi connectivity index (χ3n) is 2.85. The van der Waals surface area contributed by atoms with Crippen LogP contribution in [0.4, 0.5) is 0 Å². The zero-order valence-corrected chi connectivity index (χ0v) is 12.9. The van der Waals surface area contributed by atoms with Gasteiger partial charge in [0.05, 0.1) is 6.61 Å². The Morgan fingerprint density at radius 2 is 1.89 bits per heavy atom. The molecule has 0 aliphatic carbocycles. The van der Waals surface area contributed by atoms with Gasteiger partial charge in [0.1, 0.15) is 0 Å². The molecule has 0 fully saturated rings. The predicted octanol–water partition coefficient (Wildman–Crippen LogP) is 2.16. The Kier molecular flexibility index (Phi) is 8.25. The van der Waals surface area contributed by atoms with Gasteiger partial charge in [-0.3, -0.25) is 0 Å². The van der Waals surface area contributed by atoms with Crippen molar-refractivity contribution in [3.8, 4) is 0 Å². The first-order valence-corrected chi connectivity index (χ1v) is 7.14. The minimum Gasteiger partial charge on any atom is -0.383 e. The fourth-order valence-corrected chi connectivity index (χ4v) is 1.92. The summed E-state index contributed by atoms with van der Waals surface area (Å²) in [5, 5.41) is 3.35. The van der Waals surface area contributed by atoms with Crippen molar-refractivity contribution in [3.05, 3.63) is 34.3 Å².